The molecule has 1 aromatic heterocycles. The van der Waals surface area contributed by atoms with Crippen molar-refractivity contribution in [2.24, 2.45) is 0 Å². The predicted molar refractivity (Wildman–Crippen MR) is 53.1 cm³/mol. The Hall–Kier alpha value is -0.900. The molecule has 0 fully saturated rings. The number of aryl methyl sites for hydroxylation is 1. The van der Waals surface area contributed by atoms with E-state index < -0.39 is 12.1 Å². The summed E-state index contributed by atoms with van der Waals surface area (Å²) in [4.78, 5) is 10.8. The fraction of sp³-hybridized carbons (Fsp3) is 0.444. The second-order valence-corrected chi connectivity index (χ2v) is 2.73. The molecule has 80 valence electrons. The Morgan fingerprint density at radius 3 is 2.36 bits per heavy atom. The highest BCUT2D eigenvalue weighted by Gasteiger charge is 2.08. The summed E-state index contributed by atoms with van der Waals surface area (Å²) >= 11 is 5.53. The zero-order chi connectivity index (χ0) is 11.3. The molecule has 0 aliphatic heterocycles. The Morgan fingerprint density at radius 2 is 1.93 bits per heavy atom. The SMILES string of the molecule is CC.Cc1cn(C(F)F)c(=O)cc1Cl. The van der Waals surface area contributed by atoms with Gasteiger partial charge in [-0.15, -0.1) is 0 Å². The third-order valence-corrected chi connectivity index (χ3v) is 1.83. The van der Waals surface area contributed by atoms with Crippen molar-refractivity contribution in [3.8, 4) is 0 Å². The lowest BCUT2D eigenvalue weighted by atomic mass is 10.3. The molecule has 1 rings (SSSR count). The fourth-order valence-electron chi connectivity index (χ4n) is 0.783. The number of alkyl halides is 2. The van der Waals surface area contributed by atoms with Crippen LogP contribution in [0.15, 0.2) is 17.1 Å². The first-order valence-corrected chi connectivity index (χ1v) is 4.56. The highest BCUT2D eigenvalue weighted by Crippen LogP contribution is 2.14. The Balaban J connectivity index is 0.000000791. The van der Waals surface area contributed by atoms with Crippen molar-refractivity contribution in [3.63, 3.8) is 0 Å². The van der Waals surface area contributed by atoms with Crippen LogP contribution in [-0.2, 0) is 0 Å². The summed E-state index contributed by atoms with van der Waals surface area (Å²) in [6.07, 6.45) is 1.04. The molecule has 0 aliphatic carbocycles. The van der Waals surface area contributed by atoms with Gasteiger partial charge in [0.2, 0.25) is 0 Å². The maximum Gasteiger partial charge on any atom is 0.321 e. The van der Waals surface area contributed by atoms with E-state index in [0.717, 1.165) is 12.3 Å². The van der Waals surface area contributed by atoms with Gasteiger partial charge in [-0.1, -0.05) is 25.4 Å². The van der Waals surface area contributed by atoms with Crippen LogP contribution in [0.4, 0.5) is 8.78 Å². The van der Waals surface area contributed by atoms with Crippen LogP contribution in [0.5, 0.6) is 0 Å². The monoisotopic (exact) mass is 223 g/mol. The van der Waals surface area contributed by atoms with Gasteiger partial charge in [-0.3, -0.25) is 9.36 Å². The number of aromatic nitrogens is 1. The Kier molecular flexibility index (Phi) is 5.38. The number of nitrogens with zero attached hydrogens (tertiary/aromatic N) is 1. The van der Waals surface area contributed by atoms with E-state index in [1.165, 1.54) is 0 Å². The fourth-order valence-corrected chi connectivity index (χ4v) is 0.925. The second-order valence-electron chi connectivity index (χ2n) is 2.33. The van der Waals surface area contributed by atoms with Gasteiger partial charge >= 0.3 is 6.55 Å². The molecule has 0 spiro atoms. The lowest BCUT2D eigenvalue weighted by Crippen LogP contribution is -2.19. The second kappa shape index (κ2) is 5.75. The summed E-state index contributed by atoms with van der Waals surface area (Å²) in [7, 11) is 0. The minimum absolute atomic E-state index is 0.205. The quantitative estimate of drug-likeness (QED) is 0.717. The van der Waals surface area contributed by atoms with Gasteiger partial charge in [0, 0.05) is 12.3 Å². The van der Waals surface area contributed by atoms with Gasteiger partial charge in [-0.05, 0) is 12.5 Å². The molecular weight excluding hydrogens is 212 g/mol. The van der Waals surface area contributed by atoms with Crippen molar-refractivity contribution in [3.05, 3.63) is 33.2 Å². The van der Waals surface area contributed by atoms with Gasteiger partial charge in [0.15, 0.2) is 0 Å². The van der Waals surface area contributed by atoms with Gasteiger partial charge in [-0.25, -0.2) is 0 Å². The van der Waals surface area contributed by atoms with Crippen molar-refractivity contribution in [2.45, 2.75) is 27.3 Å². The smallest absolute Gasteiger partial charge is 0.269 e. The predicted octanol–water partition coefficient (Wildman–Crippen LogP) is 3.23. The molecule has 0 N–H and O–H groups in total. The largest absolute Gasteiger partial charge is 0.321 e. The average molecular weight is 224 g/mol. The van der Waals surface area contributed by atoms with Crippen molar-refractivity contribution in [2.75, 3.05) is 0 Å². The molecule has 0 unspecified atom stereocenters. The van der Waals surface area contributed by atoms with Crippen LogP contribution < -0.4 is 5.56 Å². The molecule has 2 nitrogen and oxygen atoms in total. The molecule has 1 heterocycles. The lowest BCUT2D eigenvalue weighted by Gasteiger charge is -2.04. The molecule has 1 aromatic rings. The highest BCUT2D eigenvalue weighted by molar-refractivity contribution is 6.31. The maximum absolute atomic E-state index is 12.1. The standard InChI is InChI=1S/C7H6ClF2NO.C2H6/c1-4-3-11(7(9)10)6(12)2-5(4)8;1-2/h2-3,7H,1H3;1-2H3. The van der Waals surface area contributed by atoms with Crippen molar-refractivity contribution < 1.29 is 8.78 Å². The van der Waals surface area contributed by atoms with Crippen LogP contribution in [0.25, 0.3) is 0 Å². The zero-order valence-electron chi connectivity index (χ0n) is 8.22. The number of hydrogen-bond acceptors (Lipinski definition) is 1. The van der Waals surface area contributed by atoms with E-state index in [0.29, 0.717) is 10.1 Å². The molecule has 0 radical (unpaired) electrons. The molecule has 0 saturated heterocycles. The average Bonchev–Trinajstić information content (AvgIpc) is 2.14. The van der Waals surface area contributed by atoms with E-state index in [4.69, 9.17) is 11.6 Å². The van der Waals surface area contributed by atoms with E-state index in [9.17, 15) is 13.6 Å². The molecule has 0 atom stereocenters. The van der Waals surface area contributed by atoms with Gasteiger partial charge in [0.05, 0.1) is 5.02 Å². The van der Waals surface area contributed by atoms with Crippen molar-refractivity contribution in [1.82, 2.24) is 4.57 Å². The van der Waals surface area contributed by atoms with Crippen LogP contribution in [0, 0.1) is 6.92 Å². The first kappa shape index (κ1) is 13.1. The summed E-state index contributed by atoms with van der Waals surface area (Å²) in [6.45, 7) is 2.74. The normalized spacial score (nSPS) is 9.64. The molecule has 14 heavy (non-hydrogen) atoms. The Labute approximate surface area is 86.1 Å². The van der Waals surface area contributed by atoms with Gasteiger partial charge < -0.3 is 0 Å². The van der Waals surface area contributed by atoms with Crippen LogP contribution in [0.2, 0.25) is 5.02 Å². The van der Waals surface area contributed by atoms with E-state index in [-0.39, 0.29) is 5.02 Å². The Bertz CT molecular complexity index is 349. The number of rotatable bonds is 1. The van der Waals surface area contributed by atoms with Crippen LogP contribution in [-0.4, -0.2) is 4.57 Å². The maximum atomic E-state index is 12.1. The first-order chi connectivity index (χ1) is 6.52. The summed E-state index contributed by atoms with van der Waals surface area (Å²) < 4.78 is 24.5. The first-order valence-electron chi connectivity index (χ1n) is 4.19. The zero-order valence-corrected chi connectivity index (χ0v) is 8.98. The highest BCUT2D eigenvalue weighted by atomic mass is 35.5. The minimum atomic E-state index is -2.81. The molecule has 0 amide bonds. The number of halogens is 3. The summed E-state index contributed by atoms with van der Waals surface area (Å²) in [6, 6.07) is 0.975. The van der Waals surface area contributed by atoms with Crippen molar-refractivity contribution >= 4 is 11.6 Å². The van der Waals surface area contributed by atoms with Crippen LogP contribution in [0.3, 0.4) is 0 Å². The van der Waals surface area contributed by atoms with E-state index in [2.05, 4.69) is 0 Å². The summed E-state index contributed by atoms with van der Waals surface area (Å²) in [5.41, 5.74) is -0.336. The lowest BCUT2D eigenvalue weighted by molar-refractivity contribution is 0.0662. The van der Waals surface area contributed by atoms with E-state index in [1.807, 2.05) is 13.8 Å². The number of pyridine rings is 1. The van der Waals surface area contributed by atoms with Gasteiger partial charge in [0.1, 0.15) is 0 Å². The summed E-state index contributed by atoms with van der Waals surface area (Å²) in [5.74, 6) is 0. The molecule has 0 bridgehead atoms. The number of hydrogen-bond donors (Lipinski definition) is 0. The van der Waals surface area contributed by atoms with E-state index >= 15 is 0 Å². The molecule has 0 saturated carbocycles. The topological polar surface area (TPSA) is 22.0 Å². The molecule has 5 heteroatoms. The third-order valence-electron chi connectivity index (χ3n) is 1.42. The molecular formula is C9H12ClF2NO. The molecule has 0 aromatic carbocycles. The third kappa shape index (κ3) is 3.10. The van der Waals surface area contributed by atoms with E-state index in [1.54, 1.807) is 6.92 Å². The van der Waals surface area contributed by atoms with Gasteiger partial charge in [0.25, 0.3) is 5.56 Å². The Morgan fingerprint density at radius 1 is 1.43 bits per heavy atom. The minimum Gasteiger partial charge on any atom is -0.269 e. The van der Waals surface area contributed by atoms with Crippen molar-refractivity contribution in [1.29, 1.82) is 0 Å². The van der Waals surface area contributed by atoms with Crippen LogP contribution >= 0.6 is 11.6 Å². The summed E-state index contributed by atoms with van der Waals surface area (Å²) in [5, 5.41) is 0.205. The van der Waals surface area contributed by atoms with Crippen LogP contribution in [0.1, 0.15) is 26.0 Å². The van der Waals surface area contributed by atoms with Gasteiger partial charge in [-0.2, -0.15) is 8.78 Å². The molecule has 0 aliphatic rings.